The van der Waals surface area contributed by atoms with Crippen molar-refractivity contribution < 1.29 is 13.6 Å². The van der Waals surface area contributed by atoms with Gasteiger partial charge in [-0.3, -0.25) is 9.69 Å². The molecule has 1 aliphatic heterocycles. The van der Waals surface area contributed by atoms with Gasteiger partial charge < -0.3 is 15.1 Å². The molecule has 3 aromatic rings. The Hall–Kier alpha value is -2.22. The van der Waals surface area contributed by atoms with Gasteiger partial charge in [0.15, 0.2) is 8.32 Å². The summed E-state index contributed by atoms with van der Waals surface area (Å²) in [4.78, 5) is 19.9. The van der Waals surface area contributed by atoms with Gasteiger partial charge in [0, 0.05) is 77.5 Å². The first-order valence-electron chi connectivity index (χ1n) is 15.4. The van der Waals surface area contributed by atoms with Crippen LogP contribution in [0.25, 0.3) is 11.3 Å². The minimum Gasteiger partial charge on any atom is -0.416 e. The third kappa shape index (κ3) is 8.78. The van der Waals surface area contributed by atoms with E-state index in [0.717, 1.165) is 25.9 Å². The number of carbonyl (C=O) groups is 1. The molecule has 0 bridgehead atoms. The number of anilines is 3. The predicted octanol–water partition coefficient (Wildman–Crippen LogP) is 7.95. The fourth-order valence-electron chi connectivity index (χ4n) is 5.06. The molecule has 1 amide bonds. The molecule has 2 aromatic heterocycles. The van der Waals surface area contributed by atoms with Crippen molar-refractivity contribution in [3.8, 4) is 11.3 Å². The Morgan fingerprint density at radius 1 is 1.16 bits per heavy atom. The Labute approximate surface area is 280 Å². The van der Waals surface area contributed by atoms with Crippen LogP contribution in [0.3, 0.4) is 0 Å². The summed E-state index contributed by atoms with van der Waals surface area (Å²) in [5.41, 5.74) is 1.98. The first kappa shape index (κ1) is 34.1. The van der Waals surface area contributed by atoms with Crippen molar-refractivity contribution in [3.63, 3.8) is 0 Å². The molecule has 242 valence electrons. The maximum atomic E-state index is 14.8. The predicted molar refractivity (Wildman–Crippen MR) is 188 cm³/mol. The third-order valence-electron chi connectivity index (χ3n) is 8.89. The molecule has 1 saturated heterocycles. The van der Waals surface area contributed by atoms with E-state index in [-0.39, 0.29) is 22.4 Å². The van der Waals surface area contributed by atoms with E-state index in [9.17, 15) is 9.18 Å². The number of hydrogen-bond donors (Lipinski definition) is 2. The maximum absolute atomic E-state index is 14.8. The monoisotopic (exact) mass is 688 g/mol. The highest BCUT2D eigenvalue weighted by atomic mass is 35.5. The molecule has 8 nitrogen and oxygen atoms in total. The van der Waals surface area contributed by atoms with Gasteiger partial charge in [-0.1, -0.05) is 32.4 Å². The number of hydrogen-bond acceptors (Lipinski definition) is 9. The number of nitrogens with zero attached hydrogens (tertiary/aromatic N) is 4. The van der Waals surface area contributed by atoms with E-state index >= 15 is 0 Å². The van der Waals surface area contributed by atoms with Crippen molar-refractivity contribution in [1.29, 1.82) is 0 Å². The fourth-order valence-corrected chi connectivity index (χ4v) is 8.08. The Balaban J connectivity index is 1.28. The summed E-state index contributed by atoms with van der Waals surface area (Å²) in [5, 5.41) is 16.4. The van der Waals surface area contributed by atoms with Crippen molar-refractivity contribution in [2.24, 2.45) is 5.92 Å². The second-order valence-corrected chi connectivity index (χ2v) is 20.6. The Bertz CT molecular complexity index is 1500. The van der Waals surface area contributed by atoms with Gasteiger partial charge >= 0.3 is 0 Å². The van der Waals surface area contributed by atoms with Crippen molar-refractivity contribution in [2.75, 3.05) is 47.6 Å². The van der Waals surface area contributed by atoms with Gasteiger partial charge in [-0.05, 0) is 61.3 Å². The number of nitrogens with one attached hydrogen (secondary N) is 2. The quantitative estimate of drug-likeness (QED) is 0.118. The van der Waals surface area contributed by atoms with Gasteiger partial charge in [0.1, 0.15) is 16.7 Å². The maximum Gasteiger partial charge on any atom is 0.228 e. The van der Waals surface area contributed by atoms with Gasteiger partial charge in [-0.2, -0.15) is 11.8 Å². The highest BCUT2D eigenvalue weighted by Gasteiger charge is 2.38. The van der Waals surface area contributed by atoms with Gasteiger partial charge in [-0.15, -0.1) is 22.0 Å². The first-order valence-corrected chi connectivity index (χ1v) is 20.8. The minimum absolute atomic E-state index is 0.000845. The summed E-state index contributed by atoms with van der Waals surface area (Å²) in [6, 6.07) is 10.3. The van der Waals surface area contributed by atoms with Gasteiger partial charge in [0.05, 0.1) is 11.4 Å². The minimum atomic E-state index is -1.89. The Morgan fingerprint density at radius 2 is 1.91 bits per heavy atom. The number of benzene rings is 1. The molecule has 2 fully saturated rings. The van der Waals surface area contributed by atoms with E-state index < -0.39 is 14.1 Å². The normalized spacial score (nSPS) is 19.2. The molecule has 5 rings (SSSR count). The molecule has 13 heteroatoms. The largest absolute Gasteiger partial charge is 0.416 e. The lowest BCUT2D eigenvalue weighted by atomic mass is 9.78. The van der Waals surface area contributed by atoms with Crippen LogP contribution in [-0.2, 0) is 9.22 Å². The molecule has 2 N–H and O–H groups in total. The topological polar surface area (TPSA) is 92.3 Å². The van der Waals surface area contributed by atoms with E-state index in [1.165, 1.54) is 35.4 Å². The van der Waals surface area contributed by atoms with Crippen LogP contribution in [0.4, 0.5) is 21.6 Å². The molecule has 45 heavy (non-hydrogen) atoms. The average Bonchev–Trinajstić information content (AvgIpc) is 2.96. The van der Waals surface area contributed by atoms with Crippen LogP contribution in [0, 0.1) is 11.7 Å². The summed E-state index contributed by atoms with van der Waals surface area (Å²) >= 11 is 9.69. The number of pyridine rings is 1. The van der Waals surface area contributed by atoms with Gasteiger partial charge in [0.25, 0.3) is 0 Å². The summed E-state index contributed by atoms with van der Waals surface area (Å²) < 4.78 is 21.1. The van der Waals surface area contributed by atoms with Crippen molar-refractivity contribution in [1.82, 2.24) is 20.1 Å². The SMILES string of the molecule is CC(C)(C)[Si](C)(C)OCCSc1nnc(-c2cc(Cl)ccc2F)cc1Nc1ccnc(NC(=O)C2CC(N3CCSCC3)C2)c1. The smallest absolute Gasteiger partial charge is 0.228 e. The average molecular weight is 689 g/mol. The summed E-state index contributed by atoms with van der Waals surface area (Å²) in [6.45, 7) is 13.9. The number of aromatic nitrogens is 3. The Kier molecular flexibility index (Phi) is 11.1. The van der Waals surface area contributed by atoms with Crippen molar-refractivity contribution >= 4 is 66.5 Å². The summed E-state index contributed by atoms with van der Waals surface area (Å²) in [6.07, 6.45) is 3.43. The molecule has 0 atom stereocenters. The number of thioether (sulfide) groups is 2. The number of amides is 1. The van der Waals surface area contributed by atoms with Crippen molar-refractivity contribution in [2.45, 2.75) is 62.8 Å². The van der Waals surface area contributed by atoms with Crippen LogP contribution in [0.1, 0.15) is 33.6 Å². The third-order valence-corrected chi connectivity index (χ3v) is 15.6. The Morgan fingerprint density at radius 3 is 2.64 bits per heavy atom. The lowest BCUT2D eigenvalue weighted by Crippen LogP contribution is -2.50. The first-order chi connectivity index (χ1) is 21.4. The highest BCUT2D eigenvalue weighted by Crippen LogP contribution is 2.38. The standard InChI is InChI=1S/C32H42ClFN6O2S2Si/c1-32(2,3)45(4,5)42-12-15-44-31-28(20-27(38-39-31)25-18-22(33)6-7-26(25)34)36-23-8-9-35-29(19-23)37-30(41)21-16-24(17-21)40-10-13-43-14-11-40/h6-9,18-21,24H,10-17H2,1-5H3,(H2,35,36,37,38,41). The van der Waals surface area contributed by atoms with Crippen LogP contribution >= 0.6 is 35.1 Å². The second-order valence-electron chi connectivity index (χ2n) is 13.0. The van der Waals surface area contributed by atoms with Crippen LogP contribution in [-0.4, -0.2) is 77.3 Å². The zero-order valence-corrected chi connectivity index (χ0v) is 29.9. The van der Waals surface area contributed by atoms with Crippen LogP contribution in [0.2, 0.25) is 23.2 Å². The molecule has 3 heterocycles. The number of rotatable bonds is 11. The van der Waals surface area contributed by atoms with Crippen LogP contribution in [0.5, 0.6) is 0 Å². The van der Waals surface area contributed by atoms with Crippen LogP contribution in [0.15, 0.2) is 47.6 Å². The summed E-state index contributed by atoms with van der Waals surface area (Å²) in [5.74, 6) is 3.06. The molecule has 1 aliphatic carbocycles. The number of carbonyl (C=O) groups excluding carboxylic acids is 1. The van der Waals surface area contributed by atoms with Crippen LogP contribution < -0.4 is 10.6 Å². The van der Waals surface area contributed by atoms with E-state index in [1.54, 1.807) is 24.4 Å². The second kappa shape index (κ2) is 14.7. The molecular weight excluding hydrogens is 647 g/mol. The molecule has 2 aliphatic rings. The summed E-state index contributed by atoms with van der Waals surface area (Å²) in [7, 11) is -1.89. The fraction of sp³-hybridized carbons (Fsp3) is 0.500. The van der Waals surface area contributed by atoms with Gasteiger partial charge in [-0.25, -0.2) is 9.37 Å². The molecule has 0 radical (unpaired) electrons. The van der Waals surface area contributed by atoms with E-state index in [0.29, 0.717) is 51.3 Å². The molecule has 1 saturated carbocycles. The van der Waals surface area contributed by atoms with Crippen molar-refractivity contribution in [3.05, 3.63) is 53.4 Å². The zero-order valence-electron chi connectivity index (χ0n) is 26.5. The lowest BCUT2D eigenvalue weighted by Gasteiger charge is -2.43. The molecule has 0 spiro atoms. The van der Waals surface area contributed by atoms with E-state index in [2.05, 4.69) is 64.6 Å². The highest BCUT2D eigenvalue weighted by molar-refractivity contribution is 7.99. The lowest BCUT2D eigenvalue weighted by molar-refractivity contribution is -0.124. The zero-order chi connectivity index (χ0) is 32.2. The van der Waals surface area contributed by atoms with E-state index in [4.69, 9.17) is 16.0 Å². The number of halogens is 2. The molecular formula is C32H42ClFN6O2S2Si. The van der Waals surface area contributed by atoms with E-state index in [1.807, 2.05) is 17.8 Å². The van der Waals surface area contributed by atoms with Gasteiger partial charge in [0.2, 0.25) is 5.91 Å². The molecule has 0 unspecified atom stereocenters. The molecule has 1 aromatic carbocycles.